The fraction of sp³-hybridized carbons (Fsp3) is 0.286. The normalized spacial score (nSPS) is 16.4. The number of nitrogens with two attached hydrogens (primary N) is 1. The lowest BCUT2D eigenvalue weighted by Gasteiger charge is -1.92. The van der Waals surface area contributed by atoms with Crippen LogP contribution in [-0.4, -0.2) is 6.54 Å². The maximum atomic E-state index is 8.39. The molecule has 0 spiro atoms. The van der Waals surface area contributed by atoms with Crippen LogP contribution in [0.2, 0.25) is 0 Å². The Hall–Kier alpha value is -1.07. The minimum Gasteiger partial charge on any atom is -0.327 e. The molecule has 0 amide bonds. The summed E-state index contributed by atoms with van der Waals surface area (Å²) in [6.07, 6.45) is 4.49. The number of rotatable bonds is 1. The van der Waals surface area contributed by atoms with E-state index in [2.05, 4.69) is 6.07 Å². The van der Waals surface area contributed by atoms with Gasteiger partial charge in [-0.05, 0) is 6.08 Å². The van der Waals surface area contributed by atoms with Crippen molar-refractivity contribution in [1.29, 1.82) is 5.26 Å². The number of hydrogen-bond donors (Lipinski definition) is 1. The zero-order valence-electron chi connectivity index (χ0n) is 5.09. The highest BCUT2D eigenvalue weighted by atomic mass is 14.5. The smallest absolute Gasteiger partial charge is 0.0950 e. The Morgan fingerprint density at radius 1 is 1.67 bits per heavy atom. The van der Waals surface area contributed by atoms with Crippen LogP contribution in [0.5, 0.6) is 0 Å². The molecule has 1 aliphatic rings. The van der Waals surface area contributed by atoms with E-state index < -0.39 is 0 Å². The largest absolute Gasteiger partial charge is 0.327 e. The lowest BCUT2D eigenvalue weighted by atomic mass is 10.2. The van der Waals surface area contributed by atoms with Crippen LogP contribution in [0.15, 0.2) is 23.3 Å². The van der Waals surface area contributed by atoms with E-state index in [9.17, 15) is 0 Å². The summed E-state index contributed by atoms with van der Waals surface area (Å²) in [5.41, 5.74) is 7.30. The van der Waals surface area contributed by atoms with Crippen molar-refractivity contribution in [1.82, 2.24) is 0 Å². The first kappa shape index (κ1) is 6.06. The molecule has 2 heteroatoms. The van der Waals surface area contributed by atoms with Crippen LogP contribution in [0.4, 0.5) is 0 Å². The molecule has 46 valence electrons. The Balaban J connectivity index is 2.55. The van der Waals surface area contributed by atoms with Crippen molar-refractivity contribution in [3.8, 4) is 6.07 Å². The molecular weight excluding hydrogens is 112 g/mol. The molecule has 1 rings (SSSR count). The van der Waals surface area contributed by atoms with Crippen LogP contribution in [0.3, 0.4) is 0 Å². The molecule has 0 aliphatic heterocycles. The average Bonchev–Trinajstić information content (AvgIpc) is 2.34. The number of hydrogen-bond acceptors (Lipinski definition) is 2. The van der Waals surface area contributed by atoms with E-state index in [4.69, 9.17) is 11.0 Å². The van der Waals surface area contributed by atoms with E-state index in [1.807, 2.05) is 12.2 Å². The third-order valence-corrected chi connectivity index (χ3v) is 1.34. The first-order chi connectivity index (χ1) is 4.36. The highest BCUT2D eigenvalue weighted by molar-refractivity contribution is 5.38. The van der Waals surface area contributed by atoms with Gasteiger partial charge in [-0.1, -0.05) is 11.6 Å². The summed E-state index contributed by atoms with van der Waals surface area (Å²) in [5, 5.41) is 8.39. The summed E-state index contributed by atoms with van der Waals surface area (Å²) < 4.78 is 0. The highest BCUT2D eigenvalue weighted by Gasteiger charge is 2.04. The van der Waals surface area contributed by atoms with Crippen molar-refractivity contribution in [2.45, 2.75) is 6.42 Å². The molecule has 0 atom stereocenters. The molecule has 0 unspecified atom stereocenters. The standard InChI is InChI=1S/C7H8N2/c8-4-6-1-2-7(3-6)5-9/h1-2H,3-4,8H2. The predicted octanol–water partition coefficient (Wildman–Crippen LogP) is 0.725. The Morgan fingerprint density at radius 3 is 2.78 bits per heavy atom. The molecule has 2 nitrogen and oxygen atoms in total. The quantitative estimate of drug-likeness (QED) is 0.554. The van der Waals surface area contributed by atoms with Crippen LogP contribution < -0.4 is 5.73 Å². The molecule has 0 aromatic heterocycles. The summed E-state index contributed by atoms with van der Waals surface area (Å²) in [4.78, 5) is 0. The van der Waals surface area contributed by atoms with Crippen LogP contribution in [0.25, 0.3) is 0 Å². The van der Waals surface area contributed by atoms with Crippen molar-refractivity contribution in [3.05, 3.63) is 23.3 Å². The number of nitrogens with zero attached hydrogens (tertiary/aromatic N) is 1. The minimum absolute atomic E-state index is 0.571. The Labute approximate surface area is 54.3 Å². The van der Waals surface area contributed by atoms with Gasteiger partial charge in [-0.15, -0.1) is 0 Å². The summed E-state index contributed by atoms with van der Waals surface area (Å²) in [6, 6.07) is 2.08. The monoisotopic (exact) mass is 120 g/mol. The van der Waals surface area contributed by atoms with E-state index in [1.165, 1.54) is 0 Å². The first-order valence-electron chi connectivity index (χ1n) is 2.85. The topological polar surface area (TPSA) is 49.8 Å². The Morgan fingerprint density at radius 2 is 2.44 bits per heavy atom. The summed E-state index contributed by atoms with van der Waals surface area (Å²) in [5.74, 6) is 0. The van der Waals surface area contributed by atoms with Gasteiger partial charge >= 0.3 is 0 Å². The summed E-state index contributed by atoms with van der Waals surface area (Å²) in [6.45, 7) is 0.571. The van der Waals surface area contributed by atoms with Gasteiger partial charge in [0.05, 0.1) is 6.07 Å². The van der Waals surface area contributed by atoms with Gasteiger partial charge in [-0.25, -0.2) is 0 Å². The Bertz CT molecular complexity index is 205. The SMILES string of the molecule is N#CC1=CC=C(CN)C1. The molecule has 9 heavy (non-hydrogen) atoms. The van der Waals surface area contributed by atoms with Crippen molar-refractivity contribution in [2.24, 2.45) is 5.73 Å². The zero-order chi connectivity index (χ0) is 6.69. The molecule has 0 saturated carbocycles. The van der Waals surface area contributed by atoms with Crippen LogP contribution in [-0.2, 0) is 0 Å². The van der Waals surface area contributed by atoms with E-state index in [-0.39, 0.29) is 0 Å². The third-order valence-electron chi connectivity index (χ3n) is 1.34. The molecule has 0 bridgehead atoms. The fourth-order valence-corrected chi connectivity index (χ4v) is 0.798. The molecule has 0 fully saturated rings. The molecule has 0 saturated heterocycles. The number of nitriles is 1. The molecule has 0 aromatic rings. The van der Waals surface area contributed by atoms with Gasteiger partial charge in [0.1, 0.15) is 0 Å². The van der Waals surface area contributed by atoms with Crippen LogP contribution >= 0.6 is 0 Å². The maximum absolute atomic E-state index is 8.39. The molecule has 0 aromatic carbocycles. The Kier molecular flexibility index (Phi) is 1.66. The number of allylic oxidation sites excluding steroid dienone is 3. The lowest BCUT2D eigenvalue weighted by Crippen LogP contribution is -2.00. The minimum atomic E-state index is 0.571. The molecule has 0 radical (unpaired) electrons. The van der Waals surface area contributed by atoms with Crippen LogP contribution in [0, 0.1) is 11.3 Å². The second-order valence-electron chi connectivity index (χ2n) is 2.01. The van der Waals surface area contributed by atoms with E-state index in [0.717, 1.165) is 17.6 Å². The highest BCUT2D eigenvalue weighted by Crippen LogP contribution is 2.15. The predicted molar refractivity (Wildman–Crippen MR) is 35.5 cm³/mol. The second kappa shape index (κ2) is 2.47. The second-order valence-corrected chi connectivity index (χ2v) is 2.01. The first-order valence-corrected chi connectivity index (χ1v) is 2.85. The molecule has 0 heterocycles. The molecular formula is C7H8N2. The average molecular weight is 120 g/mol. The van der Waals surface area contributed by atoms with Gasteiger partial charge in [0.25, 0.3) is 0 Å². The van der Waals surface area contributed by atoms with Gasteiger partial charge in [0.15, 0.2) is 0 Å². The van der Waals surface area contributed by atoms with Gasteiger partial charge in [0.2, 0.25) is 0 Å². The van der Waals surface area contributed by atoms with E-state index in [0.29, 0.717) is 6.54 Å². The fourth-order valence-electron chi connectivity index (χ4n) is 0.798. The van der Waals surface area contributed by atoms with Crippen LogP contribution in [0.1, 0.15) is 6.42 Å². The van der Waals surface area contributed by atoms with E-state index in [1.54, 1.807) is 0 Å². The molecule has 1 aliphatic carbocycles. The van der Waals surface area contributed by atoms with Gasteiger partial charge in [-0.3, -0.25) is 0 Å². The zero-order valence-corrected chi connectivity index (χ0v) is 5.09. The van der Waals surface area contributed by atoms with Gasteiger partial charge < -0.3 is 5.73 Å². The van der Waals surface area contributed by atoms with Crippen molar-refractivity contribution < 1.29 is 0 Å². The maximum Gasteiger partial charge on any atom is 0.0950 e. The lowest BCUT2D eigenvalue weighted by molar-refractivity contribution is 1.07. The van der Waals surface area contributed by atoms with E-state index >= 15 is 0 Å². The van der Waals surface area contributed by atoms with Gasteiger partial charge in [-0.2, -0.15) is 5.26 Å². The van der Waals surface area contributed by atoms with Crippen molar-refractivity contribution >= 4 is 0 Å². The van der Waals surface area contributed by atoms with Crippen molar-refractivity contribution in [3.63, 3.8) is 0 Å². The van der Waals surface area contributed by atoms with Gasteiger partial charge in [0, 0.05) is 18.5 Å². The molecule has 2 N–H and O–H groups in total. The summed E-state index contributed by atoms with van der Waals surface area (Å²) >= 11 is 0. The van der Waals surface area contributed by atoms with Crippen molar-refractivity contribution in [2.75, 3.05) is 6.54 Å². The third kappa shape index (κ3) is 1.18. The summed E-state index contributed by atoms with van der Waals surface area (Å²) in [7, 11) is 0.